The van der Waals surface area contributed by atoms with Crippen molar-refractivity contribution in [1.29, 1.82) is 0 Å². The van der Waals surface area contributed by atoms with Gasteiger partial charge in [0, 0.05) is 44.5 Å². The number of likely N-dealkylation sites (N-methyl/N-ethyl adjacent to an activating group) is 1. The molecule has 0 saturated carbocycles. The van der Waals surface area contributed by atoms with E-state index in [-0.39, 0.29) is 11.9 Å². The van der Waals surface area contributed by atoms with Crippen molar-refractivity contribution in [3.63, 3.8) is 0 Å². The van der Waals surface area contributed by atoms with Gasteiger partial charge >= 0.3 is 0 Å². The van der Waals surface area contributed by atoms with E-state index in [9.17, 15) is 4.79 Å². The van der Waals surface area contributed by atoms with Crippen molar-refractivity contribution in [3.8, 4) is 11.5 Å². The predicted octanol–water partition coefficient (Wildman–Crippen LogP) is 1.67. The standard InChI is InChI=1S/C18H24N4O3/c1-20(12-13-5-7-19-21(13)2)17-6-8-22(18(17)23)14-9-15(24-3)11-16(10-14)25-4/h5,7,9-11,17H,6,8,12H2,1-4H3/t17-/m1/s1. The highest BCUT2D eigenvalue weighted by Gasteiger charge is 2.35. The summed E-state index contributed by atoms with van der Waals surface area (Å²) in [4.78, 5) is 16.8. The van der Waals surface area contributed by atoms with Crippen LogP contribution in [0.2, 0.25) is 0 Å². The number of hydrogen-bond acceptors (Lipinski definition) is 5. The molecule has 1 saturated heterocycles. The van der Waals surface area contributed by atoms with Crippen LogP contribution in [0.1, 0.15) is 12.1 Å². The van der Waals surface area contributed by atoms with Crippen LogP contribution in [0.4, 0.5) is 5.69 Å². The number of methoxy groups -OCH3 is 2. The molecule has 0 radical (unpaired) electrons. The summed E-state index contributed by atoms with van der Waals surface area (Å²) >= 11 is 0. The van der Waals surface area contributed by atoms with E-state index in [4.69, 9.17) is 9.47 Å². The van der Waals surface area contributed by atoms with E-state index in [0.717, 1.165) is 17.8 Å². The summed E-state index contributed by atoms with van der Waals surface area (Å²) in [5, 5.41) is 4.18. The molecule has 7 nitrogen and oxygen atoms in total. The van der Waals surface area contributed by atoms with Crippen molar-refractivity contribution in [3.05, 3.63) is 36.2 Å². The molecule has 2 heterocycles. The maximum Gasteiger partial charge on any atom is 0.244 e. The Morgan fingerprint density at radius 3 is 2.48 bits per heavy atom. The molecule has 1 fully saturated rings. The molecule has 134 valence electrons. The molecular formula is C18H24N4O3. The van der Waals surface area contributed by atoms with Gasteiger partial charge in [-0.25, -0.2) is 0 Å². The molecule has 1 aliphatic heterocycles. The largest absolute Gasteiger partial charge is 0.497 e. The predicted molar refractivity (Wildman–Crippen MR) is 95.0 cm³/mol. The Balaban J connectivity index is 1.76. The second-order valence-corrected chi connectivity index (χ2v) is 6.23. The molecule has 1 atom stereocenters. The third kappa shape index (κ3) is 3.46. The van der Waals surface area contributed by atoms with E-state index in [2.05, 4.69) is 10.00 Å². The average Bonchev–Trinajstić information content (AvgIpc) is 3.20. The first-order valence-electron chi connectivity index (χ1n) is 8.25. The SMILES string of the molecule is COc1cc(OC)cc(N2CC[C@@H](N(C)Cc3ccnn3C)C2=O)c1. The molecular weight excluding hydrogens is 320 g/mol. The summed E-state index contributed by atoms with van der Waals surface area (Å²) in [6.07, 6.45) is 2.56. The van der Waals surface area contributed by atoms with Gasteiger partial charge in [-0.1, -0.05) is 0 Å². The summed E-state index contributed by atoms with van der Waals surface area (Å²) in [5.41, 5.74) is 1.88. The van der Waals surface area contributed by atoms with Gasteiger partial charge in [0.25, 0.3) is 0 Å². The van der Waals surface area contributed by atoms with Crippen LogP contribution < -0.4 is 14.4 Å². The highest BCUT2D eigenvalue weighted by molar-refractivity contribution is 5.99. The normalized spacial score (nSPS) is 17.4. The first kappa shape index (κ1) is 17.3. The number of aromatic nitrogens is 2. The van der Waals surface area contributed by atoms with Crippen molar-refractivity contribution in [2.75, 3.05) is 32.7 Å². The van der Waals surface area contributed by atoms with Gasteiger partial charge in [0.05, 0.1) is 31.6 Å². The molecule has 1 aromatic carbocycles. The number of hydrogen-bond donors (Lipinski definition) is 0. The van der Waals surface area contributed by atoms with E-state index >= 15 is 0 Å². The van der Waals surface area contributed by atoms with E-state index in [0.29, 0.717) is 24.6 Å². The molecule has 0 N–H and O–H groups in total. The molecule has 3 rings (SSSR count). The minimum atomic E-state index is -0.146. The third-order valence-electron chi connectivity index (χ3n) is 4.69. The van der Waals surface area contributed by atoms with Gasteiger partial charge < -0.3 is 14.4 Å². The van der Waals surface area contributed by atoms with E-state index in [1.165, 1.54) is 0 Å². The highest BCUT2D eigenvalue weighted by atomic mass is 16.5. The summed E-state index contributed by atoms with van der Waals surface area (Å²) in [5.74, 6) is 1.45. The number of aryl methyl sites for hydroxylation is 1. The number of ether oxygens (including phenoxy) is 2. The lowest BCUT2D eigenvalue weighted by Crippen LogP contribution is -2.39. The van der Waals surface area contributed by atoms with E-state index in [1.807, 2.05) is 37.0 Å². The first-order chi connectivity index (χ1) is 12.0. The van der Waals surface area contributed by atoms with E-state index in [1.54, 1.807) is 31.4 Å². The van der Waals surface area contributed by atoms with Crippen LogP contribution >= 0.6 is 0 Å². The lowest BCUT2D eigenvalue weighted by atomic mass is 10.2. The molecule has 25 heavy (non-hydrogen) atoms. The number of benzene rings is 1. The van der Waals surface area contributed by atoms with Crippen LogP contribution in [-0.2, 0) is 18.4 Å². The Kier molecular flexibility index (Phi) is 4.94. The summed E-state index contributed by atoms with van der Waals surface area (Å²) in [6.45, 7) is 1.36. The maximum atomic E-state index is 12.9. The zero-order valence-electron chi connectivity index (χ0n) is 15.1. The number of anilines is 1. The Labute approximate surface area is 147 Å². The fraction of sp³-hybridized carbons (Fsp3) is 0.444. The first-order valence-corrected chi connectivity index (χ1v) is 8.25. The Morgan fingerprint density at radius 2 is 1.92 bits per heavy atom. The summed E-state index contributed by atoms with van der Waals surface area (Å²) < 4.78 is 12.5. The fourth-order valence-corrected chi connectivity index (χ4v) is 3.20. The number of carbonyl (C=O) groups is 1. The fourth-order valence-electron chi connectivity index (χ4n) is 3.20. The van der Waals surface area contributed by atoms with Gasteiger partial charge in [0.1, 0.15) is 11.5 Å². The molecule has 0 aliphatic carbocycles. The molecule has 0 spiro atoms. The van der Waals surface area contributed by atoms with Crippen molar-refractivity contribution < 1.29 is 14.3 Å². The number of carbonyl (C=O) groups excluding carboxylic acids is 1. The number of rotatable bonds is 6. The van der Waals surface area contributed by atoms with Gasteiger partial charge in [0.15, 0.2) is 0 Å². The topological polar surface area (TPSA) is 59.8 Å². The summed E-state index contributed by atoms with van der Waals surface area (Å²) in [7, 11) is 7.10. The number of amides is 1. The van der Waals surface area contributed by atoms with E-state index < -0.39 is 0 Å². The second kappa shape index (κ2) is 7.14. The van der Waals surface area contributed by atoms with Crippen molar-refractivity contribution in [2.24, 2.45) is 7.05 Å². The Bertz CT molecular complexity index is 736. The van der Waals surface area contributed by atoms with Crippen molar-refractivity contribution in [1.82, 2.24) is 14.7 Å². The van der Waals surface area contributed by atoms with Gasteiger partial charge in [-0.2, -0.15) is 5.10 Å². The molecule has 1 aliphatic rings. The lowest BCUT2D eigenvalue weighted by molar-refractivity contribution is -0.121. The van der Waals surface area contributed by atoms with Crippen molar-refractivity contribution >= 4 is 11.6 Å². The summed E-state index contributed by atoms with van der Waals surface area (Å²) in [6, 6.07) is 7.36. The molecule has 1 amide bonds. The zero-order chi connectivity index (χ0) is 18.0. The maximum absolute atomic E-state index is 12.9. The molecule has 0 unspecified atom stereocenters. The Morgan fingerprint density at radius 1 is 1.24 bits per heavy atom. The minimum Gasteiger partial charge on any atom is -0.497 e. The number of nitrogens with zero attached hydrogens (tertiary/aromatic N) is 4. The lowest BCUT2D eigenvalue weighted by Gasteiger charge is -2.24. The Hall–Kier alpha value is -2.54. The van der Waals surface area contributed by atoms with Gasteiger partial charge in [-0.3, -0.25) is 14.4 Å². The van der Waals surface area contributed by atoms with Gasteiger partial charge in [-0.15, -0.1) is 0 Å². The zero-order valence-corrected chi connectivity index (χ0v) is 15.1. The molecule has 7 heteroatoms. The smallest absolute Gasteiger partial charge is 0.244 e. The molecule has 0 bridgehead atoms. The van der Waals surface area contributed by atoms with Crippen LogP contribution in [0, 0.1) is 0 Å². The van der Waals surface area contributed by atoms with Crippen LogP contribution in [0.25, 0.3) is 0 Å². The minimum absolute atomic E-state index is 0.0972. The van der Waals surface area contributed by atoms with Crippen LogP contribution in [0.15, 0.2) is 30.5 Å². The molecule has 2 aromatic rings. The van der Waals surface area contributed by atoms with Crippen LogP contribution in [0.3, 0.4) is 0 Å². The highest BCUT2D eigenvalue weighted by Crippen LogP contribution is 2.32. The third-order valence-corrected chi connectivity index (χ3v) is 4.69. The second-order valence-electron chi connectivity index (χ2n) is 6.23. The average molecular weight is 344 g/mol. The van der Waals surface area contributed by atoms with Gasteiger partial charge in [0.2, 0.25) is 5.91 Å². The monoisotopic (exact) mass is 344 g/mol. The molecule has 1 aromatic heterocycles. The quantitative estimate of drug-likeness (QED) is 0.798. The van der Waals surface area contributed by atoms with Gasteiger partial charge in [-0.05, 0) is 19.5 Å². The van der Waals surface area contributed by atoms with Crippen LogP contribution in [-0.4, -0.2) is 54.4 Å². The van der Waals surface area contributed by atoms with Crippen molar-refractivity contribution in [2.45, 2.75) is 19.0 Å². The van der Waals surface area contributed by atoms with Crippen LogP contribution in [0.5, 0.6) is 11.5 Å².